The van der Waals surface area contributed by atoms with Gasteiger partial charge in [0.05, 0.1) is 17.2 Å². The van der Waals surface area contributed by atoms with Crippen molar-refractivity contribution in [2.45, 2.75) is 102 Å². The molecule has 2 saturated carbocycles. The molecule has 2 saturated heterocycles. The Bertz CT molecular complexity index is 508. The fourth-order valence-electron chi connectivity index (χ4n) is 5.41. The standard InChI is InChI=1S/C20H36N2O3/c1-5-14-8-10-19(24,11-9-14)20(21)12-15-6-7-16(20)22(13-15)17(23)25-18(2,3)4/h14-16,24H,5-13,21H2,1-4H3. The number of carbonyl (C=O) groups is 1. The van der Waals surface area contributed by atoms with Crippen LogP contribution in [0.4, 0.5) is 4.79 Å². The van der Waals surface area contributed by atoms with Gasteiger partial charge >= 0.3 is 6.09 Å². The zero-order chi connectivity index (χ0) is 18.5. The number of piperidine rings is 2. The summed E-state index contributed by atoms with van der Waals surface area (Å²) in [5.74, 6) is 1.07. The number of ether oxygens (including phenoxy) is 1. The lowest BCUT2D eigenvalue weighted by Gasteiger charge is -2.61. The molecule has 5 nitrogen and oxygen atoms in total. The van der Waals surface area contributed by atoms with Crippen molar-refractivity contribution in [1.29, 1.82) is 0 Å². The van der Waals surface area contributed by atoms with Gasteiger partial charge in [-0.3, -0.25) is 0 Å². The average Bonchev–Trinajstić information content (AvgIpc) is 2.54. The van der Waals surface area contributed by atoms with Crippen molar-refractivity contribution in [1.82, 2.24) is 4.90 Å². The number of rotatable bonds is 2. The summed E-state index contributed by atoms with van der Waals surface area (Å²) in [6.07, 6.45) is 7.28. The van der Waals surface area contributed by atoms with Crippen molar-refractivity contribution in [2.24, 2.45) is 17.6 Å². The number of hydrogen-bond acceptors (Lipinski definition) is 4. The Balaban J connectivity index is 1.81. The van der Waals surface area contributed by atoms with Crippen molar-refractivity contribution in [2.75, 3.05) is 6.54 Å². The van der Waals surface area contributed by atoms with Gasteiger partial charge in [0, 0.05) is 6.54 Å². The quantitative estimate of drug-likeness (QED) is 0.798. The van der Waals surface area contributed by atoms with E-state index < -0.39 is 16.7 Å². The van der Waals surface area contributed by atoms with E-state index in [0.717, 1.165) is 44.9 Å². The molecule has 2 heterocycles. The molecule has 25 heavy (non-hydrogen) atoms. The van der Waals surface area contributed by atoms with E-state index in [9.17, 15) is 9.90 Å². The number of fused-ring (bicyclic) bond motifs is 3. The summed E-state index contributed by atoms with van der Waals surface area (Å²) in [4.78, 5) is 14.6. The molecular formula is C20H36N2O3. The summed E-state index contributed by atoms with van der Waals surface area (Å²) in [6, 6.07) is -0.115. The van der Waals surface area contributed by atoms with Crippen LogP contribution in [0.2, 0.25) is 0 Å². The van der Waals surface area contributed by atoms with Gasteiger partial charge in [0.1, 0.15) is 5.60 Å². The van der Waals surface area contributed by atoms with E-state index in [1.165, 1.54) is 6.42 Å². The molecule has 2 aliphatic carbocycles. The molecular weight excluding hydrogens is 316 g/mol. The topological polar surface area (TPSA) is 75.8 Å². The van der Waals surface area contributed by atoms with Gasteiger partial charge in [-0.25, -0.2) is 4.79 Å². The smallest absolute Gasteiger partial charge is 0.410 e. The predicted molar refractivity (Wildman–Crippen MR) is 98.2 cm³/mol. The Hall–Kier alpha value is -0.810. The van der Waals surface area contributed by atoms with Crippen LogP contribution in [-0.4, -0.2) is 45.4 Å². The van der Waals surface area contributed by atoms with Gasteiger partial charge in [0.15, 0.2) is 0 Å². The Labute approximate surface area is 152 Å². The second kappa shape index (κ2) is 6.41. The third-order valence-corrected chi connectivity index (χ3v) is 6.90. The normalized spacial score (nSPS) is 41.7. The zero-order valence-corrected chi connectivity index (χ0v) is 16.4. The van der Waals surface area contributed by atoms with Gasteiger partial charge in [0.2, 0.25) is 0 Å². The van der Waals surface area contributed by atoms with Gasteiger partial charge in [-0.1, -0.05) is 13.3 Å². The third kappa shape index (κ3) is 3.42. The van der Waals surface area contributed by atoms with E-state index in [4.69, 9.17) is 10.5 Å². The van der Waals surface area contributed by atoms with Crippen molar-refractivity contribution in [3.63, 3.8) is 0 Å². The summed E-state index contributed by atoms with van der Waals surface area (Å²) in [6.45, 7) is 8.61. The Kier molecular flexibility index (Phi) is 4.87. The highest BCUT2D eigenvalue weighted by Crippen LogP contribution is 2.50. The van der Waals surface area contributed by atoms with Gasteiger partial charge < -0.3 is 20.5 Å². The van der Waals surface area contributed by atoms with Crippen LogP contribution in [0, 0.1) is 11.8 Å². The maximum absolute atomic E-state index is 12.7. The van der Waals surface area contributed by atoms with E-state index >= 15 is 0 Å². The highest BCUT2D eigenvalue weighted by Gasteiger charge is 2.60. The molecule has 1 amide bonds. The lowest BCUT2D eigenvalue weighted by molar-refractivity contribution is -0.145. The molecule has 3 N–H and O–H groups in total. The zero-order valence-electron chi connectivity index (χ0n) is 16.4. The first-order valence-electron chi connectivity index (χ1n) is 10.1. The van der Waals surface area contributed by atoms with Crippen LogP contribution < -0.4 is 5.73 Å². The molecule has 5 heteroatoms. The summed E-state index contributed by atoms with van der Waals surface area (Å²) < 4.78 is 5.63. The molecule has 4 fully saturated rings. The SMILES string of the molecule is CCC1CCC(O)(C2(N)CC3CCC2N(C(=O)OC(C)(C)C)C3)CC1. The van der Waals surface area contributed by atoms with Crippen LogP contribution in [0.1, 0.15) is 79.1 Å². The number of carbonyl (C=O) groups excluding carboxylic acids is 1. The van der Waals surface area contributed by atoms with E-state index in [1.54, 1.807) is 0 Å². The van der Waals surface area contributed by atoms with Gasteiger partial charge in [-0.15, -0.1) is 0 Å². The van der Waals surface area contributed by atoms with Crippen LogP contribution in [0.5, 0.6) is 0 Å². The Morgan fingerprint density at radius 1 is 1.24 bits per heavy atom. The van der Waals surface area contributed by atoms with E-state index in [1.807, 2.05) is 25.7 Å². The van der Waals surface area contributed by atoms with Crippen LogP contribution in [0.15, 0.2) is 0 Å². The number of amides is 1. The number of hydrogen-bond donors (Lipinski definition) is 2. The molecule has 144 valence electrons. The summed E-state index contributed by atoms with van der Waals surface area (Å²) in [5, 5.41) is 11.5. The number of aliphatic hydroxyl groups is 1. The Morgan fingerprint density at radius 2 is 1.88 bits per heavy atom. The maximum atomic E-state index is 12.7. The van der Waals surface area contributed by atoms with Crippen LogP contribution >= 0.6 is 0 Å². The molecule has 3 atom stereocenters. The minimum atomic E-state index is -0.858. The summed E-state index contributed by atoms with van der Waals surface area (Å²) >= 11 is 0. The monoisotopic (exact) mass is 352 g/mol. The minimum Gasteiger partial charge on any atom is -0.444 e. The molecule has 0 radical (unpaired) electrons. The fraction of sp³-hybridized carbons (Fsp3) is 0.950. The van der Waals surface area contributed by atoms with Gasteiger partial charge in [-0.2, -0.15) is 0 Å². The van der Waals surface area contributed by atoms with Gasteiger partial charge in [-0.05, 0) is 77.6 Å². The molecule has 0 spiro atoms. The highest BCUT2D eigenvalue weighted by molar-refractivity contribution is 5.69. The molecule has 0 aromatic carbocycles. The predicted octanol–water partition coefficient (Wildman–Crippen LogP) is 3.43. The first-order valence-corrected chi connectivity index (χ1v) is 10.1. The molecule has 2 aliphatic heterocycles. The second-order valence-corrected chi connectivity index (χ2v) is 9.72. The first-order chi connectivity index (χ1) is 11.6. The maximum Gasteiger partial charge on any atom is 0.410 e. The molecule has 4 aliphatic rings. The largest absolute Gasteiger partial charge is 0.444 e. The number of nitrogens with two attached hydrogens (primary N) is 1. The average molecular weight is 353 g/mol. The third-order valence-electron chi connectivity index (χ3n) is 6.90. The molecule has 2 bridgehead atoms. The van der Waals surface area contributed by atoms with E-state index in [-0.39, 0.29) is 12.1 Å². The molecule has 3 unspecified atom stereocenters. The summed E-state index contributed by atoms with van der Waals surface area (Å²) in [7, 11) is 0. The van der Waals surface area contributed by atoms with Gasteiger partial charge in [0.25, 0.3) is 0 Å². The van der Waals surface area contributed by atoms with Crippen LogP contribution in [-0.2, 0) is 4.74 Å². The molecule has 0 aromatic rings. The second-order valence-electron chi connectivity index (χ2n) is 9.72. The lowest BCUT2D eigenvalue weighted by Crippen LogP contribution is -2.77. The van der Waals surface area contributed by atoms with E-state index in [2.05, 4.69) is 6.92 Å². The van der Waals surface area contributed by atoms with Crippen LogP contribution in [0.25, 0.3) is 0 Å². The summed E-state index contributed by atoms with van der Waals surface area (Å²) in [5.41, 5.74) is 4.86. The minimum absolute atomic E-state index is 0.115. The highest BCUT2D eigenvalue weighted by atomic mass is 16.6. The number of nitrogens with zero attached hydrogens (tertiary/aromatic N) is 1. The first kappa shape index (κ1) is 19.0. The fourth-order valence-corrected chi connectivity index (χ4v) is 5.41. The molecule has 4 rings (SSSR count). The molecule has 0 aromatic heterocycles. The Morgan fingerprint density at radius 3 is 2.40 bits per heavy atom. The van der Waals surface area contributed by atoms with Crippen molar-refractivity contribution in [3.8, 4) is 0 Å². The van der Waals surface area contributed by atoms with Crippen LogP contribution in [0.3, 0.4) is 0 Å². The van der Waals surface area contributed by atoms with Crippen molar-refractivity contribution < 1.29 is 14.6 Å². The van der Waals surface area contributed by atoms with Crippen molar-refractivity contribution in [3.05, 3.63) is 0 Å². The van der Waals surface area contributed by atoms with Crippen molar-refractivity contribution >= 4 is 6.09 Å². The van der Waals surface area contributed by atoms with E-state index in [0.29, 0.717) is 18.4 Å². The lowest BCUT2D eigenvalue weighted by atomic mass is 9.57.